The third kappa shape index (κ3) is 3.21. The van der Waals surface area contributed by atoms with Crippen molar-refractivity contribution >= 4 is 0 Å². The molecule has 2 atom stereocenters. The van der Waals surface area contributed by atoms with Crippen LogP contribution in [-0.4, -0.2) is 36.1 Å². The number of nitrogens with zero attached hydrogens (tertiary/aromatic N) is 1. The van der Waals surface area contributed by atoms with Gasteiger partial charge in [-0.3, -0.25) is 4.90 Å². The molecule has 0 spiro atoms. The molecule has 2 heteroatoms. The maximum Gasteiger partial charge on any atom is 0.0113 e. The lowest BCUT2D eigenvalue weighted by atomic mass is 9.98. The molecule has 94 valence electrons. The van der Waals surface area contributed by atoms with Crippen LogP contribution in [-0.2, 0) is 0 Å². The lowest BCUT2D eigenvalue weighted by Gasteiger charge is -2.39. The zero-order valence-corrected chi connectivity index (χ0v) is 11.0. The van der Waals surface area contributed by atoms with Crippen molar-refractivity contribution in [1.29, 1.82) is 0 Å². The van der Waals surface area contributed by atoms with E-state index in [4.69, 9.17) is 0 Å². The second-order valence-electron chi connectivity index (χ2n) is 5.80. The Morgan fingerprint density at radius 3 is 2.19 bits per heavy atom. The number of likely N-dealkylation sites (tertiary alicyclic amines) is 1. The average Bonchev–Trinajstić information content (AvgIpc) is 2.75. The molecule has 2 rings (SSSR count). The molecule has 0 aromatic carbocycles. The smallest absolute Gasteiger partial charge is 0.0113 e. The molecule has 16 heavy (non-hydrogen) atoms. The number of hydrogen-bond acceptors (Lipinski definition) is 2. The van der Waals surface area contributed by atoms with Gasteiger partial charge in [-0.15, -0.1) is 0 Å². The first-order valence-electron chi connectivity index (χ1n) is 7.26. The summed E-state index contributed by atoms with van der Waals surface area (Å²) in [6.45, 7) is 7.23. The summed E-state index contributed by atoms with van der Waals surface area (Å²) in [7, 11) is 0. The van der Waals surface area contributed by atoms with Crippen LogP contribution in [0.5, 0.6) is 0 Å². The number of piperidine rings is 1. The fourth-order valence-electron chi connectivity index (χ4n) is 3.44. The Kier molecular flexibility index (Phi) is 4.66. The van der Waals surface area contributed by atoms with Crippen molar-refractivity contribution < 1.29 is 0 Å². The molecule has 0 aromatic heterocycles. The number of rotatable bonds is 4. The minimum atomic E-state index is 0.800. The van der Waals surface area contributed by atoms with E-state index in [9.17, 15) is 0 Å². The summed E-state index contributed by atoms with van der Waals surface area (Å²) in [6.07, 6.45) is 9.91. The van der Waals surface area contributed by atoms with Gasteiger partial charge >= 0.3 is 0 Å². The van der Waals surface area contributed by atoms with Crippen LogP contribution in [0.15, 0.2) is 0 Å². The van der Waals surface area contributed by atoms with Gasteiger partial charge in [-0.1, -0.05) is 19.3 Å². The molecule has 1 N–H and O–H groups in total. The van der Waals surface area contributed by atoms with E-state index >= 15 is 0 Å². The van der Waals surface area contributed by atoms with Crippen LogP contribution in [0.3, 0.4) is 0 Å². The highest BCUT2D eigenvalue weighted by molar-refractivity contribution is 4.81. The Hall–Kier alpha value is -0.0800. The Balaban J connectivity index is 1.67. The van der Waals surface area contributed by atoms with E-state index in [1.54, 1.807) is 0 Å². The molecule has 1 heterocycles. The molecule has 0 radical (unpaired) electrons. The number of nitrogens with one attached hydrogen (secondary N) is 1. The van der Waals surface area contributed by atoms with Gasteiger partial charge < -0.3 is 5.32 Å². The van der Waals surface area contributed by atoms with E-state index < -0.39 is 0 Å². The molecule has 0 bridgehead atoms. The van der Waals surface area contributed by atoms with Crippen LogP contribution < -0.4 is 5.32 Å². The molecule has 0 amide bonds. The fourth-order valence-corrected chi connectivity index (χ4v) is 3.44. The largest absolute Gasteiger partial charge is 0.313 e. The molecule has 1 aliphatic carbocycles. The second kappa shape index (κ2) is 6.02. The monoisotopic (exact) mass is 224 g/mol. The van der Waals surface area contributed by atoms with E-state index in [-0.39, 0.29) is 0 Å². The zero-order chi connectivity index (χ0) is 11.4. The molecule has 1 aliphatic heterocycles. The van der Waals surface area contributed by atoms with Gasteiger partial charge in [0, 0.05) is 31.2 Å². The molecule has 0 aromatic rings. The average molecular weight is 224 g/mol. The lowest BCUT2D eigenvalue weighted by molar-refractivity contribution is 0.104. The molecule has 2 aliphatic rings. The molecule has 0 unspecified atom stereocenters. The maximum absolute atomic E-state index is 3.73. The minimum absolute atomic E-state index is 0.800. The van der Waals surface area contributed by atoms with Crippen molar-refractivity contribution in [3.8, 4) is 0 Å². The van der Waals surface area contributed by atoms with Crippen molar-refractivity contribution in [2.24, 2.45) is 0 Å². The summed E-state index contributed by atoms with van der Waals surface area (Å²) in [5.41, 5.74) is 0. The molecule has 1 saturated heterocycles. The van der Waals surface area contributed by atoms with Gasteiger partial charge in [-0.25, -0.2) is 0 Å². The molecular weight excluding hydrogens is 196 g/mol. The zero-order valence-electron chi connectivity index (χ0n) is 11.0. The van der Waals surface area contributed by atoms with E-state index in [2.05, 4.69) is 24.1 Å². The highest BCUT2D eigenvalue weighted by Gasteiger charge is 2.24. The van der Waals surface area contributed by atoms with Gasteiger partial charge in [0.1, 0.15) is 0 Å². The van der Waals surface area contributed by atoms with E-state index in [1.165, 1.54) is 58.0 Å². The van der Waals surface area contributed by atoms with Gasteiger partial charge in [0.05, 0.1) is 0 Å². The standard InChI is InChI=1S/C14H28N2/c1-12-6-5-7-13(2)16(12)11-10-15-14-8-3-4-9-14/h12-15H,3-11H2,1-2H3/t12-,13+. The summed E-state index contributed by atoms with van der Waals surface area (Å²) >= 11 is 0. The van der Waals surface area contributed by atoms with Crippen molar-refractivity contribution in [3.05, 3.63) is 0 Å². The highest BCUT2D eigenvalue weighted by Crippen LogP contribution is 2.22. The van der Waals surface area contributed by atoms with Crippen molar-refractivity contribution in [3.63, 3.8) is 0 Å². The maximum atomic E-state index is 3.73. The summed E-state index contributed by atoms with van der Waals surface area (Å²) in [5, 5.41) is 3.73. The van der Waals surface area contributed by atoms with Gasteiger partial charge in [0.2, 0.25) is 0 Å². The Bertz CT molecular complexity index is 189. The van der Waals surface area contributed by atoms with Crippen molar-refractivity contribution in [2.45, 2.75) is 76.9 Å². The summed E-state index contributed by atoms with van der Waals surface area (Å²) in [5.74, 6) is 0. The van der Waals surface area contributed by atoms with Crippen molar-refractivity contribution in [1.82, 2.24) is 10.2 Å². The van der Waals surface area contributed by atoms with Crippen LogP contribution in [0.4, 0.5) is 0 Å². The summed E-state index contributed by atoms with van der Waals surface area (Å²) in [4.78, 5) is 2.70. The van der Waals surface area contributed by atoms with Crippen LogP contribution >= 0.6 is 0 Å². The van der Waals surface area contributed by atoms with Crippen LogP contribution in [0.25, 0.3) is 0 Å². The van der Waals surface area contributed by atoms with Crippen LogP contribution in [0, 0.1) is 0 Å². The molecule has 2 fully saturated rings. The third-order valence-corrected chi connectivity index (χ3v) is 4.53. The van der Waals surface area contributed by atoms with Crippen LogP contribution in [0.1, 0.15) is 58.8 Å². The van der Waals surface area contributed by atoms with Gasteiger partial charge in [-0.05, 0) is 39.5 Å². The first-order valence-corrected chi connectivity index (χ1v) is 7.26. The van der Waals surface area contributed by atoms with E-state index in [0.717, 1.165) is 18.1 Å². The topological polar surface area (TPSA) is 15.3 Å². The van der Waals surface area contributed by atoms with Crippen LogP contribution in [0.2, 0.25) is 0 Å². The Labute approximate surface area is 101 Å². The minimum Gasteiger partial charge on any atom is -0.313 e. The third-order valence-electron chi connectivity index (χ3n) is 4.53. The lowest BCUT2D eigenvalue weighted by Crippen LogP contribution is -2.47. The SMILES string of the molecule is C[C@@H]1CCC[C@H](C)N1CCNC1CCCC1. The summed E-state index contributed by atoms with van der Waals surface area (Å²) < 4.78 is 0. The quantitative estimate of drug-likeness (QED) is 0.790. The fraction of sp³-hybridized carbons (Fsp3) is 1.00. The predicted octanol–water partition coefficient (Wildman–Crippen LogP) is 2.78. The van der Waals surface area contributed by atoms with Gasteiger partial charge in [0.15, 0.2) is 0 Å². The normalized spacial score (nSPS) is 33.4. The first-order chi connectivity index (χ1) is 7.77. The van der Waals surface area contributed by atoms with Gasteiger partial charge in [0.25, 0.3) is 0 Å². The Morgan fingerprint density at radius 2 is 1.56 bits per heavy atom. The Morgan fingerprint density at radius 1 is 0.938 bits per heavy atom. The summed E-state index contributed by atoms with van der Waals surface area (Å²) in [6, 6.07) is 2.43. The predicted molar refractivity (Wildman–Crippen MR) is 69.7 cm³/mol. The van der Waals surface area contributed by atoms with E-state index in [0.29, 0.717) is 0 Å². The highest BCUT2D eigenvalue weighted by atomic mass is 15.2. The van der Waals surface area contributed by atoms with E-state index in [1.807, 2.05) is 0 Å². The second-order valence-corrected chi connectivity index (χ2v) is 5.80. The first kappa shape index (κ1) is 12.4. The number of hydrogen-bond donors (Lipinski definition) is 1. The molecule has 1 saturated carbocycles. The molecular formula is C14H28N2. The van der Waals surface area contributed by atoms with Gasteiger partial charge in [-0.2, -0.15) is 0 Å². The molecule has 2 nitrogen and oxygen atoms in total. The van der Waals surface area contributed by atoms with Crippen molar-refractivity contribution in [2.75, 3.05) is 13.1 Å².